The zero-order valence-corrected chi connectivity index (χ0v) is 9.51. The van der Waals surface area contributed by atoms with Crippen LogP contribution in [0.5, 0.6) is 0 Å². The van der Waals surface area contributed by atoms with Crippen molar-refractivity contribution in [1.29, 1.82) is 0 Å². The molecule has 0 heterocycles. The second-order valence-corrected chi connectivity index (χ2v) is 3.30. The van der Waals surface area contributed by atoms with Gasteiger partial charge < -0.3 is 4.74 Å². The number of carbonyl (C=O) groups excluding carboxylic acids is 2. The van der Waals surface area contributed by atoms with Crippen LogP contribution in [0, 0.1) is 5.82 Å². The highest BCUT2D eigenvalue weighted by Gasteiger charge is 2.13. The van der Waals surface area contributed by atoms with Crippen molar-refractivity contribution in [3.05, 3.63) is 35.1 Å². The molecule has 5 heteroatoms. The van der Waals surface area contributed by atoms with Gasteiger partial charge in [-0.15, -0.1) is 0 Å². The first-order valence-corrected chi connectivity index (χ1v) is 5.19. The Kier molecular flexibility index (Phi) is 3.96. The molecule has 0 N–H and O–H groups in total. The fourth-order valence-corrected chi connectivity index (χ4v) is 1.36. The van der Waals surface area contributed by atoms with Crippen LogP contribution in [0.2, 0.25) is 0 Å². The zero-order valence-electron chi connectivity index (χ0n) is 7.92. The summed E-state index contributed by atoms with van der Waals surface area (Å²) in [5.41, 5.74) is 0.0423. The van der Waals surface area contributed by atoms with E-state index in [1.165, 1.54) is 19.2 Å². The van der Waals surface area contributed by atoms with Gasteiger partial charge in [-0.3, -0.25) is 4.79 Å². The highest BCUT2D eigenvalue weighted by atomic mass is 79.9. The van der Waals surface area contributed by atoms with Crippen molar-refractivity contribution in [3.8, 4) is 0 Å². The summed E-state index contributed by atoms with van der Waals surface area (Å²) in [4.78, 5) is 22.2. The molecular weight excluding hydrogens is 267 g/mol. The Bertz CT molecular complexity index is 404. The van der Waals surface area contributed by atoms with Crippen molar-refractivity contribution < 1.29 is 18.7 Å². The van der Waals surface area contributed by atoms with Gasteiger partial charge in [-0.25, -0.2) is 9.18 Å². The summed E-state index contributed by atoms with van der Waals surface area (Å²) in [7, 11) is 1.21. The van der Waals surface area contributed by atoms with Crippen molar-refractivity contribution in [3.63, 3.8) is 0 Å². The average Bonchev–Trinajstić information content (AvgIpc) is 2.26. The van der Waals surface area contributed by atoms with Gasteiger partial charge in [-0.1, -0.05) is 15.9 Å². The van der Waals surface area contributed by atoms with Crippen LogP contribution in [0.1, 0.15) is 20.7 Å². The molecule has 15 heavy (non-hydrogen) atoms. The molecule has 0 unspecified atom stereocenters. The second-order valence-electron chi connectivity index (χ2n) is 2.74. The maximum Gasteiger partial charge on any atom is 0.337 e. The van der Waals surface area contributed by atoms with Crippen LogP contribution in [0.15, 0.2) is 18.2 Å². The van der Waals surface area contributed by atoms with Crippen LogP contribution in [-0.4, -0.2) is 24.2 Å². The number of alkyl halides is 1. The third kappa shape index (κ3) is 2.62. The molecule has 0 saturated carbocycles. The van der Waals surface area contributed by atoms with E-state index < -0.39 is 11.8 Å². The number of rotatable bonds is 3. The van der Waals surface area contributed by atoms with Crippen molar-refractivity contribution in [2.45, 2.75) is 0 Å². The Hall–Kier alpha value is -1.23. The van der Waals surface area contributed by atoms with Crippen molar-refractivity contribution in [2.75, 3.05) is 12.4 Å². The minimum absolute atomic E-state index is 0.0421. The lowest BCUT2D eigenvalue weighted by molar-refractivity contribution is 0.0599. The number of methoxy groups -OCH3 is 1. The number of Topliss-reactive ketones (excluding diaryl/α,β-unsaturated/α-hetero) is 1. The molecule has 0 fully saturated rings. The molecule has 0 aliphatic carbocycles. The van der Waals surface area contributed by atoms with Crippen LogP contribution in [0.25, 0.3) is 0 Å². The number of hydrogen-bond donors (Lipinski definition) is 0. The molecule has 1 rings (SSSR count). The molecule has 0 radical (unpaired) electrons. The van der Waals surface area contributed by atoms with E-state index >= 15 is 0 Å². The summed E-state index contributed by atoms with van der Waals surface area (Å²) >= 11 is 2.94. The van der Waals surface area contributed by atoms with Gasteiger partial charge >= 0.3 is 5.97 Å². The largest absolute Gasteiger partial charge is 0.465 e. The molecule has 0 aliphatic heterocycles. The minimum Gasteiger partial charge on any atom is -0.465 e. The fraction of sp³-hybridized carbons (Fsp3) is 0.200. The third-order valence-corrected chi connectivity index (χ3v) is 2.32. The van der Waals surface area contributed by atoms with Crippen LogP contribution >= 0.6 is 15.9 Å². The Labute approximate surface area is 94.4 Å². The monoisotopic (exact) mass is 274 g/mol. The van der Waals surface area contributed by atoms with Gasteiger partial charge in [0.15, 0.2) is 5.78 Å². The van der Waals surface area contributed by atoms with E-state index in [-0.39, 0.29) is 22.2 Å². The summed E-state index contributed by atoms with van der Waals surface area (Å²) in [5, 5.41) is 0.0431. The Morgan fingerprint density at radius 1 is 1.47 bits per heavy atom. The van der Waals surface area contributed by atoms with Gasteiger partial charge in [0.25, 0.3) is 0 Å². The normalized spacial score (nSPS) is 9.80. The number of hydrogen-bond acceptors (Lipinski definition) is 3. The molecule has 0 spiro atoms. The first-order chi connectivity index (χ1) is 7.10. The molecule has 1 aromatic rings. The van der Waals surface area contributed by atoms with Gasteiger partial charge in [-0.2, -0.15) is 0 Å². The molecule has 0 bridgehead atoms. The van der Waals surface area contributed by atoms with Crippen molar-refractivity contribution in [1.82, 2.24) is 0 Å². The molecule has 1 aromatic carbocycles. The van der Waals surface area contributed by atoms with Gasteiger partial charge in [0.2, 0.25) is 0 Å². The summed E-state index contributed by atoms with van der Waals surface area (Å²) < 4.78 is 17.8. The molecule has 80 valence electrons. The molecule has 0 aromatic heterocycles. The minimum atomic E-state index is -0.720. The lowest BCUT2D eigenvalue weighted by Crippen LogP contribution is -2.07. The number of esters is 1. The number of benzene rings is 1. The summed E-state index contributed by atoms with van der Waals surface area (Å²) in [6, 6.07) is 3.61. The van der Waals surface area contributed by atoms with Crippen molar-refractivity contribution in [2.24, 2.45) is 0 Å². The van der Waals surface area contributed by atoms with E-state index in [4.69, 9.17) is 0 Å². The van der Waals surface area contributed by atoms with E-state index in [2.05, 4.69) is 20.7 Å². The summed E-state index contributed by atoms with van der Waals surface area (Å²) in [6.45, 7) is 0. The van der Waals surface area contributed by atoms with Crippen LogP contribution in [-0.2, 0) is 4.74 Å². The smallest absolute Gasteiger partial charge is 0.337 e. The number of ketones is 1. The third-order valence-electron chi connectivity index (χ3n) is 1.81. The molecule has 0 aliphatic rings. The van der Waals surface area contributed by atoms with Crippen molar-refractivity contribution >= 4 is 27.7 Å². The highest BCUT2D eigenvalue weighted by Crippen LogP contribution is 2.12. The first kappa shape index (κ1) is 11.8. The Morgan fingerprint density at radius 2 is 2.13 bits per heavy atom. The number of carbonyl (C=O) groups is 2. The Morgan fingerprint density at radius 3 is 2.60 bits per heavy atom. The second kappa shape index (κ2) is 5.02. The molecular formula is C10H8BrFO3. The van der Waals surface area contributed by atoms with Crippen LogP contribution < -0.4 is 0 Å². The van der Waals surface area contributed by atoms with E-state index in [0.29, 0.717) is 0 Å². The maximum atomic E-state index is 13.3. The number of halogens is 2. The van der Waals surface area contributed by atoms with E-state index in [1.54, 1.807) is 0 Å². The Balaban J connectivity index is 3.08. The quantitative estimate of drug-likeness (QED) is 0.482. The van der Waals surface area contributed by atoms with E-state index in [0.717, 1.165) is 6.07 Å². The zero-order chi connectivity index (χ0) is 11.4. The van der Waals surface area contributed by atoms with Gasteiger partial charge in [0.05, 0.1) is 23.6 Å². The van der Waals surface area contributed by atoms with Gasteiger partial charge in [-0.05, 0) is 18.2 Å². The fourth-order valence-electron chi connectivity index (χ4n) is 1.06. The lowest BCUT2D eigenvalue weighted by atomic mass is 10.1. The summed E-state index contributed by atoms with van der Waals surface area (Å²) in [6.07, 6.45) is 0. The summed E-state index contributed by atoms with van der Waals surface area (Å²) in [5.74, 6) is -1.72. The van der Waals surface area contributed by atoms with Gasteiger partial charge in [0.1, 0.15) is 5.82 Å². The standard InChI is InChI=1S/C10H8BrFO3/c1-15-10(14)6-2-3-7(8(12)4-6)9(13)5-11/h2-4H,5H2,1H3. The average molecular weight is 275 g/mol. The van der Waals surface area contributed by atoms with Crippen LogP contribution in [0.3, 0.4) is 0 Å². The van der Waals surface area contributed by atoms with Gasteiger partial charge in [0, 0.05) is 0 Å². The molecule has 0 amide bonds. The predicted molar refractivity (Wildman–Crippen MR) is 55.9 cm³/mol. The lowest BCUT2D eigenvalue weighted by Gasteiger charge is -2.02. The predicted octanol–water partition coefficient (Wildman–Crippen LogP) is 2.19. The topological polar surface area (TPSA) is 43.4 Å². The number of ether oxygens (including phenoxy) is 1. The highest BCUT2D eigenvalue weighted by molar-refractivity contribution is 9.09. The first-order valence-electron chi connectivity index (χ1n) is 4.07. The molecule has 3 nitrogen and oxygen atoms in total. The molecule has 0 atom stereocenters. The maximum absolute atomic E-state index is 13.3. The SMILES string of the molecule is COC(=O)c1ccc(C(=O)CBr)c(F)c1. The van der Waals surface area contributed by atoms with E-state index in [9.17, 15) is 14.0 Å². The van der Waals surface area contributed by atoms with Crippen LogP contribution in [0.4, 0.5) is 4.39 Å². The van der Waals surface area contributed by atoms with E-state index in [1.807, 2.05) is 0 Å². The molecule has 0 saturated heterocycles.